The highest BCUT2D eigenvalue weighted by Crippen LogP contribution is 2.46. The third-order valence-electron chi connectivity index (χ3n) is 9.46. The molecule has 1 aromatic carbocycles. The minimum atomic E-state index is -0.691. The van der Waals surface area contributed by atoms with Crippen LogP contribution in [0.3, 0.4) is 0 Å². The lowest BCUT2D eigenvalue weighted by Crippen LogP contribution is -2.43. The summed E-state index contributed by atoms with van der Waals surface area (Å²) < 4.78 is 18.5. The van der Waals surface area contributed by atoms with Gasteiger partial charge in [-0.2, -0.15) is 4.98 Å². The highest BCUT2D eigenvalue weighted by molar-refractivity contribution is 5.97. The number of anilines is 2. The molecule has 39 heavy (non-hydrogen) atoms. The number of hydrogen-bond acceptors (Lipinski definition) is 5. The van der Waals surface area contributed by atoms with Crippen LogP contribution in [-0.4, -0.2) is 41.4 Å². The van der Waals surface area contributed by atoms with E-state index >= 15 is 0 Å². The molecule has 212 valence electrons. The van der Waals surface area contributed by atoms with Gasteiger partial charge in [0, 0.05) is 40.5 Å². The molecule has 0 spiro atoms. The van der Waals surface area contributed by atoms with E-state index in [0.29, 0.717) is 30.2 Å². The number of aromatic nitrogens is 2. The first kappa shape index (κ1) is 28.1. The maximum Gasteiger partial charge on any atom is 0.224 e. The quantitative estimate of drug-likeness (QED) is 0.387. The maximum atomic E-state index is 13.2. The number of hydrogen-bond donors (Lipinski definition) is 1. The minimum absolute atomic E-state index is 0.137. The number of aryl methyl sites for hydroxylation is 1. The molecule has 6 heteroatoms. The van der Waals surface area contributed by atoms with E-state index in [0.717, 1.165) is 41.8 Å². The summed E-state index contributed by atoms with van der Waals surface area (Å²) >= 11 is 0. The van der Waals surface area contributed by atoms with Crippen LogP contribution in [0.1, 0.15) is 96.1 Å². The van der Waals surface area contributed by atoms with Gasteiger partial charge in [0.2, 0.25) is 5.95 Å². The average Bonchev–Trinajstić information content (AvgIpc) is 2.91. The molecule has 1 unspecified atom stereocenters. The summed E-state index contributed by atoms with van der Waals surface area (Å²) in [4.78, 5) is 11.8. The predicted octanol–water partition coefficient (Wildman–Crippen LogP) is 8.34. The van der Waals surface area contributed by atoms with Crippen molar-refractivity contribution in [2.24, 2.45) is 11.3 Å². The summed E-state index contributed by atoms with van der Waals surface area (Å²) in [7, 11) is 0. The molecule has 1 atom stereocenters. The van der Waals surface area contributed by atoms with Gasteiger partial charge < -0.3 is 15.0 Å². The Labute approximate surface area is 234 Å². The smallest absolute Gasteiger partial charge is 0.224 e. The summed E-state index contributed by atoms with van der Waals surface area (Å²) in [5, 5.41) is 3.31. The van der Waals surface area contributed by atoms with Crippen LogP contribution in [0.4, 0.5) is 16.2 Å². The van der Waals surface area contributed by atoms with Gasteiger partial charge in [-0.05, 0) is 63.0 Å². The highest BCUT2D eigenvalue weighted by atomic mass is 19.1. The summed E-state index contributed by atoms with van der Waals surface area (Å²) in [5.41, 5.74) is 6.23. The molecule has 2 aliphatic heterocycles. The van der Waals surface area contributed by atoms with E-state index in [1.54, 1.807) is 0 Å². The van der Waals surface area contributed by atoms with E-state index in [1.165, 1.54) is 62.5 Å². The number of nitrogens with one attached hydrogen (secondary N) is 1. The van der Waals surface area contributed by atoms with Gasteiger partial charge in [0.1, 0.15) is 12.0 Å². The normalized spacial score (nSPS) is 24.3. The molecule has 3 fully saturated rings. The monoisotopic (exact) mass is 534 g/mol. The maximum absolute atomic E-state index is 13.2. The number of alkyl halides is 1. The Morgan fingerprint density at radius 3 is 2.49 bits per heavy atom. The SMILES string of the molecule is C=C1c2cc(C)ccc2-c2cnc(NC3CC(F)C3)nc2N1C1CCCCC1.CCC(C)CC1(CC)COC1. The number of fused-ring (bicyclic) bond motifs is 3. The molecular formula is C33H47FN4O. The standard InChI is InChI=1S/C23H27FN4.C10H20O/c1-14-8-9-19-20(10-14)15(2)28(18-6-4-3-5-7-18)22-21(19)13-25-23(27-22)26-17-11-16(24)12-17;1-4-9(3)6-10(5-2)7-11-8-10/h8-10,13,16-18H,2-7,11-12H2,1H3,(H,25,26,27);9H,4-8H2,1-3H3. The zero-order chi connectivity index (χ0) is 27.6. The molecule has 1 aromatic heterocycles. The Morgan fingerprint density at radius 2 is 1.87 bits per heavy atom. The van der Waals surface area contributed by atoms with Crippen molar-refractivity contribution in [3.05, 3.63) is 42.1 Å². The fraction of sp³-hybridized carbons (Fsp3) is 0.636. The molecule has 1 N–H and O–H groups in total. The molecule has 0 bridgehead atoms. The number of ether oxygens (including phenoxy) is 1. The van der Waals surface area contributed by atoms with Gasteiger partial charge in [-0.25, -0.2) is 9.37 Å². The van der Waals surface area contributed by atoms with Crippen LogP contribution in [-0.2, 0) is 4.74 Å². The zero-order valence-corrected chi connectivity index (χ0v) is 24.4. The second kappa shape index (κ2) is 12.0. The van der Waals surface area contributed by atoms with Gasteiger partial charge in [-0.1, -0.05) is 70.7 Å². The lowest BCUT2D eigenvalue weighted by atomic mass is 9.75. The van der Waals surface area contributed by atoms with Crippen LogP contribution < -0.4 is 10.2 Å². The van der Waals surface area contributed by atoms with E-state index in [9.17, 15) is 4.39 Å². The molecule has 2 aromatic rings. The molecule has 0 radical (unpaired) electrons. The molecule has 2 aliphatic carbocycles. The van der Waals surface area contributed by atoms with E-state index in [4.69, 9.17) is 9.72 Å². The van der Waals surface area contributed by atoms with Gasteiger partial charge in [0.25, 0.3) is 0 Å². The Bertz CT molecular complexity index is 1140. The van der Waals surface area contributed by atoms with Crippen molar-refractivity contribution >= 4 is 17.5 Å². The molecule has 2 saturated carbocycles. The van der Waals surface area contributed by atoms with E-state index in [2.05, 4.69) is 67.7 Å². The molecule has 5 nitrogen and oxygen atoms in total. The minimum Gasteiger partial charge on any atom is -0.380 e. The van der Waals surface area contributed by atoms with Crippen LogP contribution >= 0.6 is 0 Å². The number of benzene rings is 1. The third-order valence-corrected chi connectivity index (χ3v) is 9.46. The van der Waals surface area contributed by atoms with Crippen LogP contribution in [0.15, 0.2) is 31.0 Å². The van der Waals surface area contributed by atoms with E-state index < -0.39 is 6.17 Å². The van der Waals surface area contributed by atoms with Crippen molar-refractivity contribution in [2.45, 2.75) is 110 Å². The molecule has 4 aliphatic rings. The first-order valence-electron chi connectivity index (χ1n) is 15.3. The summed E-state index contributed by atoms with van der Waals surface area (Å²) in [6, 6.07) is 7.07. The predicted molar refractivity (Wildman–Crippen MR) is 160 cm³/mol. The lowest BCUT2D eigenvalue weighted by molar-refractivity contribution is -0.125. The van der Waals surface area contributed by atoms with Gasteiger partial charge in [-0.3, -0.25) is 0 Å². The van der Waals surface area contributed by atoms with Gasteiger partial charge in [0.15, 0.2) is 0 Å². The summed E-state index contributed by atoms with van der Waals surface area (Å²) in [6.45, 7) is 15.5. The Hall–Kier alpha value is -2.47. The first-order valence-corrected chi connectivity index (χ1v) is 15.3. The van der Waals surface area contributed by atoms with Crippen LogP contribution in [0.5, 0.6) is 0 Å². The van der Waals surface area contributed by atoms with E-state index in [1.807, 2.05) is 6.20 Å². The largest absolute Gasteiger partial charge is 0.380 e. The van der Waals surface area contributed by atoms with Crippen molar-refractivity contribution in [1.82, 2.24) is 9.97 Å². The fourth-order valence-corrected chi connectivity index (χ4v) is 6.53. The van der Waals surface area contributed by atoms with Crippen molar-refractivity contribution in [3.63, 3.8) is 0 Å². The van der Waals surface area contributed by atoms with E-state index in [-0.39, 0.29) is 6.04 Å². The number of halogens is 1. The molecular weight excluding hydrogens is 487 g/mol. The molecule has 3 heterocycles. The Kier molecular flexibility index (Phi) is 8.60. The summed E-state index contributed by atoms with van der Waals surface area (Å²) in [5.74, 6) is 2.42. The molecule has 6 rings (SSSR count). The third kappa shape index (κ3) is 6.01. The van der Waals surface area contributed by atoms with Crippen molar-refractivity contribution in [1.29, 1.82) is 0 Å². The van der Waals surface area contributed by atoms with Crippen LogP contribution in [0.25, 0.3) is 16.8 Å². The Balaban J connectivity index is 0.000000237. The fourth-order valence-electron chi connectivity index (χ4n) is 6.53. The van der Waals surface area contributed by atoms with Crippen molar-refractivity contribution in [2.75, 3.05) is 23.4 Å². The van der Waals surface area contributed by atoms with Gasteiger partial charge >= 0.3 is 0 Å². The van der Waals surface area contributed by atoms with Crippen molar-refractivity contribution in [3.8, 4) is 11.1 Å². The lowest BCUT2D eigenvalue weighted by Gasteiger charge is -2.42. The number of rotatable bonds is 7. The van der Waals surface area contributed by atoms with Gasteiger partial charge in [-0.15, -0.1) is 0 Å². The second-order valence-corrected chi connectivity index (χ2v) is 12.6. The topological polar surface area (TPSA) is 50.3 Å². The number of nitrogens with zero attached hydrogens (tertiary/aromatic N) is 3. The zero-order valence-electron chi connectivity index (χ0n) is 24.4. The highest BCUT2D eigenvalue weighted by Gasteiger charge is 2.37. The Morgan fingerprint density at radius 1 is 1.13 bits per heavy atom. The van der Waals surface area contributed by atoms with Crippen molar-refractivity contribution < 1.29 is 9.13 Å². The summed E-state index contributed by atoms with van der Waals surface area (Å²) in [6.07, 6.45) is 12.4. The van der Waals surface area contributed by atoms with Crippen LogP contribution in [0, 0.1) is 18.3 Å². The first-order chi connectivity index (χ1) is 18.8. The average molecular weight is 535 g/mol. The molecule has 0 amide bonds. The van der Waals surface area contributed by atoms with Gasteiger partial charge in [0.05, 0.1) is 13.2 Å². The molecule has 1 saturated heterocycles. The second-order valence-electron chi connectivity index (χ2n) is 12.6. The van der Waals surface area contributed by atoms with Crippen LogP contribution in [0.2, 0.25) is 0 Å².